The highest BCUT2D eigenvalue weighted by Gasteiger charge is 2.23. The first kappa shape index (κ1) is 20.3. The van der Waals surface area contributed by atoms with E-state index in [0.29, 0.717) is 5.82 Å². The van der Waals surface area contributed by atoms with E-state index in [2.05, 4.69) is 38.0 Å². The Morgan fingerprint density at radius 1 is 1.18 bits per heavy atom. The van der Waals surface area contributed by atoms with Gasteiger partial charge >= 0.3 is 5.97 Å². The first-order valence-electron chi connectivity index (χ1n) is 9.87. The van der Waals surface area contributed by atoms with Crippen LogP contribution in [0.25, 0.3) is 0 Å². The van der Waals surface area contributed by atoms with Crippen molar-refractivity contribution in [1.82, 2.24) is 24.6 Å². The van der Waals surface area contributed by atoms with Gasteiger partial charge in [-0.25, -0.2) is 14.8 Å². The van der Waals surface area contributed by atoms with Crippen LogP contribution in [-0.4, -0.2) is 61.9 Å². The van der Waals surface area contributed by atoms with Crippen LogP contribution in [0.4, 0.5) is 5.82 Å². The molecule has 0 spiro atoms. The lowest BCUT2D eigenvalue weighted by Crippen LogP contribution is -2.32. The highest BCUT2D eigenvalue weighted by molar-refractivity contribution is 5.83. The number of hydrogen-bond acceptors (Lipinski definition) is 6. The number of hydrogen-bond donors (Lipinski definition) is 1. The Hall–Kier alpha value is -2.48. The second kappa shape index (κ2) is 8.26. The van der Waals surface area contributed by atoms with Crippen molar-refractivity contribution in [3.8, 4) is 0 Å². The Morgan fingerprint density at radius 3 is 2.61 bits per heavy atom. The van der Waals surface area contributed by atoms with E-state index in [4.69, 9.17) is 0 Å². The van der Waals surface area contributed by atoms with E-state index in [1.165, 1.54) is 5.56 Å². The second-order valence-electron chi connectivity index (χ2n) is 8.31. The lowest BCUT2D eigenvalue weighted by atomic mass is 9.92. The number of carbonyl (C=O) groups is 1. The van der Waals surface area contributed by atoms with Crippen molar-refractivity contribution >= 4 is 11.8 Å². The van der Waals surface area contributed by atoms with Gasteiger partial charge in [0.05, 0.1) is 11.9 Å². The Morgan fingerprint density at radius 2 is 1.96 bits per heavy atom. The maximum absolute atomic E-state index is 11.5. The molecule has 0 atom stereocenters. The van der Waals surface area contributed by atoms with Crippen LogP contribution in [0.1, 0.15) is 56.0 Å². The number of nitrogens with zero attached hydrogens (tertiary/aromatic N) is 6. The van der Waals surface area contributed by atoms with Crippen LogP contribution in [0.3, 0.4) is 0 Å². The third-order valence-electron chi connectivity index (χ3n) is 5.00. The Kier molecular flexibility index (Phi) is 5.98. The number of anilines is 1. The summed E-state index contributed by atoms with van der Waals surface area (Å²) < 4.78 is 1.95. The molecule has 0 unspecified atom stereocenters. The molecule has 1 N–H and O–H groups in total. The summed E-state index contributed by atoms with van der Waals surface area (Å²) in [6.45, 7) is 13.5. The first-order chi connectivity index (χ1) is 13.3. The molecule has 0 saturated carbocycles. The smallest absolute Gasteiger partial charge is 0.374 e. The van der Waals surface area contributed by atoms with Crippen molar-refractivity contribution in [1.29, 1.82) is 0 Å². The summed E-state index contributed by atoms with van der Waals surface area (Å²) in [6.07, 6.45) is 5.03. The van der Waals surface area contributed by atoms with Gasteiger partial charge in [0.1, 0.15) is 5.82 Å². The average Bonchev–Trinajstić information content (AvgIpc) is 2.97. The number of carboxylic acids is 1. The molecular weight excluding hydrogens is 356 g/mol. The summed E-state index contributed by atoms with van der Waals surface area (Å²) in [5.41, 5.74) is 1.74. The SMILES string of the molecule is CCn1cc(CN2CCCN(c3cc(C(C)(C)C)nc(C(=O)O)n3)CC2)cn1. The number of aryl methyl sites for hydroxylation is 1. The van der Waals surface area contributed by atoms with Crippen molar-refractivity contribution in [3.05, 3.63) is 35.5 Å². The van der Waals surface area contributed by atoms with Crippen LogP contribution in [0, 0.1) is 0 Å². The van der Waals surface area contributed by atoms with Crippen molar-refractivity contribution < 1.29 is 9.90 Å². The van der Waals surface area contributed by atoms with Crippen LogP contribution in [-0.2, 0) is 18.5 Å². The molecule has 8 nitrogen and oxygen atoms in total. The van der Waals surface area contributed by atoms with Crippen LogP contribution in [0.5, 0.6) is 0 Å². The third kappa shape index (κ3) is 4.86. The molecule has 1 fully saturated rings. The molecule has 0 radical (unpaired) electrons. The van der Waals surface area contributed by atoms with Gasteiger partial charge < -0.3 is 10.0 Å². The summed E-state index contributed by atoms with van der Waals surface area (Å²) in [4.78, 5) is 24.7. The van der Waals surface area contributed by atoms with Crippen LogP contribution < -0.4 is 4.90 Å². The monoisotopic (exact) mass is 386 g/mol. The molecule has 2 aromatic rings. The molecule has 0 aromatic carbocycles. The molecule has 1 aliphatic heterocycles. The van der Waals surface area contributed by atoms with Gasteiger partial charge in [-0.2, -0.15) is 5.10 Å². The van der Waals surface area contributed by atoms with Gasteiger partial charge in [-0.3, -0.25) is 9.58 Å². The number of aromatic carboxylic acids is 1. The van der Waals surface area contributed by atoms with Gasteiger partial charge in [0.15, 0.2) is 0 Å². The van der Waals surface area contributed by atoms with Gasteiger partial charge in [0.2, 0.25) is 5.82 Å². The zero-order valence-electron chi connectivity index (χ0n) is 17.2. The quantitative estimate of drug-likeness (QED) is 0.844. The summed E-state index contributed by atoms with van der Waals surface area (Å²) in [5.74, 6) is -0.509. The summed E-state index contributed by atoms with van der Waals surface area (Å²) >= 11 is 0. The van der Waals surface area contributed by atoms with E-state index < -0.39 is 5.97 Å². The standard InChI is InChI=1S/C20H30N6O2/c1-5-26-14-15(12-21-26)13-24-7-6-8-25(10-9-24)17-11-16(20(2,3)4)22-18(23-17)19(27)28/h11-12,14H,5-10,13H2,1-4H3,(H,27,28). The molecule has 0 bridgehead atoms. The normalized spacial score (nSPS) is 16.2. The van der Waals surface area contributed by atoms with Crippen molar-refractivity contribution in [2.24, 2.45) is 0 Å². The zero-order chi connectivity index (χ0) is 20.3. The van der Waals surface area contributed by atoms with Crippen LogP contribution >= 0.6 is 0 Å². The van der Waals surface area contributed by atoms with E-state index in [0.717, 1.165) is 51.4 Å². The molecule has 3 rings (SSSR count). The highest BCUT2D eigenvalue weighted by atomic mass is 16.4. The molecule has 1 saturated heterocycles. The molecule has 152 valence electrons. The molecule has 0 amide bonds. The maximum atomic E-state index is 11.5. The molecule has 0 aliphatic carbocycles. The van der Waals surface area contributed by atoms with Crippen LogP contribution in [0.15, 0.2) is 18.5 Å². The second-order valence-corrected chi connectivity index (χ2v) is 8.31. The number of aromatic nitrogens is 4. The Bertz CT molecular complexity index is 826. The molecule has 3 heterocycles. The zero-order valence-corrected chi connectivity index (χ0v) is 17.2. The van der Waals surface area contributed by atoms with E-state index >= 15 is 0 Å². The maximum Gasteiger partial charge on any atom is 0.374 e. The minimum atomic E-state index is -1.09. The lowest BCUT2D eigenvalue weighted by Gasteiger charge is -2.25. The Balaban J connectivity index is 1.74. The molecule has 28 heavy (non-hydrogen) atoms. The molecule has 2 aromatic heterocycles. The minimum absolute atomic E-state index is 0.129. The van der Waals surface area contributed by atoms with Gasteiger partial charge in [-0.15, -0.1) is 0 Å². The fourth-order valence-electron chi connectivity index (χ4n) is 3.35. The van der Waals surface area contributed by atoms with Crippen molar-refractivity contribution in [2.75, 3.05) is 31.1 Å². The predicted molar refractivity (Wildman–Crippen MR) is 108 cm³/mol. The van der Waals surface area contributed by atoms with E-state index in [1.54, 1.807) is 0 Å². The van der Waals surface area contributed by atoms with Crippen molar-refractivity contribution in [3.63, 3.8) is 0 Å². The fraction of sp³-hybridized carbons (Fsp3) is 0.600. The van der Waals surface area contributed by atoms with Gasteiger partial charge in [-0.05, 0) is 13.3 Å². The molecule has 8 heteroatoms. The van der Waals surface area contributed by atoms with Gasteiger partial charge in [0, 0.05) is 62.5 Å². The summed E-state index contributed by atoms with van der Waals surface area (Å²) in [5, 5.41) is 13.8. The van der Waals surface area contributed by atoms with Gasteiger partial charge in [0.25, 0.3) is 0 Å². The van der Waals surface area contributed by atoms with Crippen LogP contribution in [0.2, 0.25) is 0 Å². The first-order valence-corrected chi connectivity index (χ1v) is 9.87. The average molecular weight is 387 g/mol. The van der Waals surface area contributed by atoms with E-state index in [-0.39, 0.29) is 11.2 Å². The topological polar surface area (TPSA) is 87.4 Å². The van der Waals surface area contributed by atoms with E-state index in [9.17, 15) is 9.90 Å². The lowest BCUT2D eigenvalue weighted by molar-refractivity contribution is 0.0683. The Labute approximate surface area is 166 Å². The largest absolute Gasteiger partial charge is 0.475 e. The van der Waals surface area contributed by atoms with E-state index in [1.807, 2.05) is 37.7 Å². The molecule has 1 aliphatic rings. The predicted octanol–water partition coefficient (Wildman–Crippen LogP) is 2.40. The molecular formula is C20H30N6O2. The number of rotatable bonds is 5. The minimum Gasteiger partial charge on any atom is -0.475 e. The highest BCUT2D eigenvalue weighted by Crippen LogP contribution is 2.25. The van der Waals surface area contributed by atoms with Gasteiger partial charge in [-0.1, -0.05) is 20.8 Å². The number of carboxylic acid groups (broad SMARTS) is 1. The summed E-state index contributed by atoms with van der Waals surface area (Å²) in [7, 11) is 0. The fourth-order valence-corrected chi connectivity index (χ4v) is 3.35. The van der Waals surface area contributed by atoms with Crippen molar-refractivity contribution in [2.45, 2.75) is 52.6 Å². The summed E-state index contributed by atoms with van der Waals surface area (Å²) in [6, 6.07) is 1.94. The third-order valence-corrected chi connectivity index (χ3v) is 5.00.